The minimum Gasteiger partial charge on any atom is -0.494 e. The van der Waals surface area contributed by atoms with Crippen LogP contribution < -0.4 is 10.1 Å². The number of nitrogens with one attached hydrogen (secondary N) is 1. The summed E-state index contributed by atoms with van der Waals surface area (Å²) in [4.78, 5) is 29.4. The first-order chi connectivity index (χ1) is 15.3. The largest absolute Gasteiger partial charge is 0.495 e. The molecule has 0 aromatic heterocycles. The van der Waals surface area contributed by atoms with Crippen molar-refractivity contribution in [2.45, 2.75) is 44.8 Å². The number of carbonyl (C=O) groups excluding carboxylic acids is 2. The highest BCUT2D eigenvalue weighted by atomic mass is 19.4. The van der Waals surface area contributed by atoms with Gasteiger partial charge in [-0.05, 0) is 62.4 Å². The second kappa shape index (κ2) is 12.7. The Bertz CT molecular complexity index is 841. The van der Waals surface area contributed by atoms with Crippen molar-refractivity contribution in [1.82, 2.24) is 5.32 Å². The fraction of sp³-hybridized carbons (Fsp3) is 0.391. The van der Waals surface area contributed by atoms with Crippen molar-refractivity contribution in [1.29, 1.82) is 0 Å². The number of hydrogen-bond donors (Lipinski definition) is 1. The molecule has 0 spiro atoms. The predicted octanol–water partition coefficient (Wildman–Crippen LogP) is 4.17. The molecule has 2 aromatic rings. The lowest BCUT2D eigenvalue weighted by atomic mass is 10.1. The quantitative estimate of drug-likeness (QED) is 0.313. The molecule has 0 saturated carbocycles. The molecule has 0 bridgehead atoms. The van der Waals surface area contributed by atoms with Crippen LogP contribution in [-0.4, -0.2) is 37.3 Å². The topological polar surface area (TPSA) is 73.9 Å². The number of unbranched alkanes of at least 4 members (excludes halogenated alkanes) is 1. The number of aryl methyl sites for hydroxylation is 1. The summed E-state index contributed by atoms with van der Waals surface area (Å²) < 4.78 is 41.7. The normalized spacial score (nSPS) is 12.1. The maximum absolute atomic E-state index is 12.0. The third-order valence-corrected chi connectivity index (χ3v) is 4.54. The summed E-state index contributed by atoms with van der Waals surface area (Å²) in [6, 6.07) is 16.9. The van der Waals surface area contributed by atoms with Crippen LogP contribution in [-0.2, 0) is 32.2 Å². The number of halogens is 3. The molecular weight excluding hydrogens is 427 g/mol. The zero-order valence-corrected chi connectivity index (χ0v) is 17.7. The molecule has 0 aliphatic carbocycles. The Hall–Kier alpha value is -3.07. The van der Waals surface area contributed by atoms with Gasteiger partial charge in [0.15, 0.2) is 0 Å². The fourth-order valence-corrected chi connectivity index (χ4v) is 2.73. The van der Waals surface area contributed by atoms with Gasteiger partial charge >= 0.3 is 18.1 Å². The summed E-state index contributed by atoms with van der Waals surface area (Å²) in [6.07, 6.45) is -1.64. The van der Waals surface area contributed by atoms with E-state index in [9.17, 15) is 22.8 Å². The average molecular weight is 453 g/mol. The maximum Gasteiger partial charge on any atom is 0.495 e. The minimum atomic E-state index is -5.23. The van der Waals surface area contributed by atoms with Crippen LogP contribution in [0.4, 0.5) is 13.2 Å². The Kier molecular flexibility index (Phi) is 10.0. The van der Waals surface area contributed by atoms with Crippen LogP contribution in [0, 0.1) is 0 Å². The molecule has 0 heterocycles. The van der Waals surface area contributed by atoms with E-state index in [0.717, 1.165) is 30.6 Å². The summed E-state index contributed by atoms with van der Waals surface area (Å²) in [5, 5.41) is 2.79. The molecule has 174 valence electrons. The molecule has 6 nitrogen and oxygen atoms in total. The van der Waals surface area contributed by atoms with Crippen molar-refractivity contribution in [3.05, 3.63) is 65.7 Å². The van der Waals surface area contributed by atoms with Gasteiger partial charge in [0, 0.05) is 0 Å². The van der Waals surface area contributed by atoms with E-state index in [1.807, 2.05) is 42.5 Å². The first-order valence-corrected chi connectivity index (χ1v) is 10.2. The van der Waals surface area contributed by atoms with Crippen LogP contribution in [0.5, 0.6) is 5.75 Å². The van der Waals surface area contributed by atoms with Crippen LogP contribution in [0.15, 0.2) is 54.6 Å². The Morgan fingerprint density at radius 3 is 2.22 bits per heavy atom. The summed E-state index contributed by atoms with van der Waals surface area (Å²) in [7, 11) is 0. The maximum atomic E-state index is 12.0. The second-order valence-corrected chi connectivity index (χ2v) is 7.13. The van der Waals surface area contributed by atoms with Gasteiger partial charge in [-0.1, -0.05) is 42.5 Å². The van der Waals surface area contributed by atoms with E-state index < -0.39 is 24.2 Å². The molecule has 0 unspecified atom stereocenters. The van der Waals surface area contributed by atoms with Crippen molar-refractivity contribution in [2.24, 2.45) is 0 Å². The van der Waals surface area contributed by atoms with Crippen LogP contribution in [0.25, 0.3) is 0 Å². The van der Waals surface area contributed by atoms with Gasteiger partial charge in [-0.2, -0.15) is 13.2 Å². The molecule has 32 heavy (non-hydrogen) atoms. The van der Waals surface area contributed by atoms with Gasteiger partial charge in [0.05, 0.1) is 6.61 Å². The molecule has 1 N–H and O–H groups in total. The smallest absolute Gasteiger partial charge is 0.494 e. The molecule has 0 aliphatic rings. The highest BCUT2D eigenvalue weighted by molar-refractivity contribution is 5.78. The Balaban J connectivity index is 1.60. The summed E-state index contributed by atoms with van der Waals surface area (Å²) in [5.74, 6) is -2.94. The van der Waals surface area contributed by atoms with E-state index in [4.69, 9.17) is 4.74 Å². The number of rotatable bonds is 11. The molecule has 0 aliphatic heterocycles. The summed E-state index contributed by atoms with van der Waals surface area (Å²) in [5.41, 5.74) is 2.30. The van der Waals surface area contributed by atoms with Gasteiger partial charge in [0.1, 0.15) is 11.8 Å². The first kappa shape index (κ1) is 25.2. The van der Waals surface area contributed by atoms with Crippen LogP contribution in [0.2, 0.25) is 0 Å². The van der Waals surface area contributed by atoms with Crippen molar-refractivity contribution in [3.63, 3.8) is 0 Å². The summed E-state index contributed by atoms with van der Waals surface area (Å²) in [6.45, 7) is 2.38. The van der Waals surface area contributed by atoms with E-state index in [2.05, 4.69) is 27.2 Å². The van der Waals surface area contributed by atoms with E-state index in [1.54, 1.807) is 0 Å². The number of alkyl halides is 3. The highest BCUT2D eigenvalue weighted by Crippen LogP contribution is 2.17. The fourth-order valence-electron chi connectivity index (χ4n) is 2.73. The number of hydrogen-bond acceptors (Lipinski definition) is 6. The van der Waals surface area contributed by atoms with Crippen molar-refractivity contribution >= 4 is 11.9 Å². The monoisotopic (exact) mass is 453 g/mol. The van der Waals surface area contributed by atoms with Gasteiger partial charge in [-0.15, -0.1) is 0 Å². The van der Waals surface area contributed by atoms with E-state index in [1.165, 1.54) is 12.5 Å². The predicted molar refractivity (Wildman–Crippen MR) is 111 cm³/mol. The molecule has 2 rings (SSSR count). The molecule has 1 atom stereocenters. The van der Waals surface area contributed by atoms with Crippen LogP contribution in [0.1, 0.15) is 30.9 Å². The zero-order valence-electron chi connectivity index (χ0n) is 17.7. The lowest BCUT2D eigenvalue weighted by Gasteiger charge is -2.12. The SMILES string of the molecule is C[C@H](NCCc1ccc(OCCCCc2ccccc2)cc1)C(=O)OOC(=O)C(F)(F)F. The van der Waals surface area contributed by atoms with E-state index in [0.29, 0.717) is 19.6 Å². The summed E-state index contributed by atoms with van der Waals surface area (Å²) >= 11 is 0. The van der Waals surface area contributed by atoms with Crippen molar-refractivity contribution in [2.75, 3.05) is 13.2 Å². The van der Waals surface area contributed by atoms with E-state index >= 15 is 0 Å². The third-order valence-electron chi connectivity index (χ3n) is 4.54. The molecule has 9 heteroatoms. The first-order valence-electron chi connectivity index (χ1n) is 10.2. The number of carbonyl (C=O) groups is 2. The Morgan fingerprint density at radius 2 is 1.56 bits per heavy atom. The number of ether oxygens (including phenoxy) is 1. The molecule has 0 radical (unpaired) electrons. The van der Waals surface area contributed by atoms with Crippen molar-refractivity contribution in [3.8, 4) is 5.75 Å². The Morgan fingerprint density at radius 1 is 0.906 bits per heavy atom. The zero-order chi connectivity index (χ0) is 23.4. The molecule has 0 saturated heterocycles. The number of benzene rings is 2. The van der Waals surface area contributed by atoms with Crippen LogP contribution >= 0.6 is 0 Å². The van der Waals surface area contributed by atoms with Gasteiger partial charge in [-0.25, -0.2) is 19.4 Å². The van der Waals surface area contributed by atoms with Gasteiger partial charge in [0.2, 0.25) is 0 Å². The third kappa shape index (κ3) is 9.38. The van der Waals surface area contributed by atoms with E-state index in [-0.39, 0.29) is 0 Å². The average Bonchev–Trinajstić information content (AvgIpc) is 2.78. The molecule has 0 fully saturated rings. The molecular formula is C23H26F3NO5. The lowest BCUT2D eigenvalue weighted by Crippen LogP contribution is -2.38. The van der Waals surface area contributed by atoms with Gasteiger partial charge < -0.3 is 10.1 Å². The van der Waals surface area contributed by atoms with Gasteiger partial charge in [0.25, 0.3) is 0 Å². The molecule has 2 aromatic carbocycles. The highest BCUT2D eigenvalue weighted by Gasteiger charge is 2.43. The lowest BCUT2D eigenvalue weighted by molar-refractivity contribution is -0.286. The van der Waals surface area contributed by atoms with Gasteiger partial charge in [-0.3, -0.25) is 0 Å². The van der Waals surface area contributed by atoms with Crippen molar-refractivity contribution < 1.29 is 37.3 Å². The minimum absolute atomic E-state index is 0.364. The Labute approximate surface area is 184 Å². The second-order valence-electron chi connectivity index (χ2n) is 7.13. The van der Waals surface area contributed by atoms with Crippen LogP contribution in [0.3, 0.4) is 0 Å². The molecule has 0 amide bonds. The standard InChI is InChI=1S/C23H26F3NO5/c1-17(21(28)31-32-22(29)23(24,25)26)27-15-14-19-10-12-20(13-11-19)30-16-6-5-9-18-7-3-2-4-8-18/h2-4,7-8,10-13,17,27H,5-6,9,14-16H2,1H3/t17-/m0/s1.